The summed E-state index contributed by atoms with van der Waals surface area (Å²) in [4.78, 5) is 13.0. The Morgan fingerprint density at radius 2 is 1.88 bits per heavy atom. The molecular formula is C19H18ClN3O2S. The zero-order valence-corrected chi connectivity index (χ0v) is 15.8. The minimum atomic E-state index is -0.340. The quantitative estimate of drug-likeness (QED) is 0.447. The highest BCUT2D eigenvalue weighted by atomic mass is 35.5. The first kappa shape index (κ1) is 18.5. The first-order chi connectivity index (χ1) is 12.6. The summed E-state index contributed by atoms with van der Waals surface area (Å²) < 4.78 is 6.77. The van der Waals surface area contributed by atoms with E-state index in [2.05, 4.69) is 10.3 Å². The summed E-state index contributed by atoms with van der Waals surface area (Å²) in [5.74, 6) is 0.326. The van der Waals surface area contributed by atoms with Gasteiger partial charge in [0.25, 0.3) is 0 Å². The Hall–Kier alpha value is -2.31. The number of benzene rings is 2. The van der Waals surface area contributed by atoms with Crippen LogP contribution in [0, 0.1) is 6.92 Å². The van der Waals surface area contributed by atoms with Gasteiger partial charge in [-0.25, -0.2) is 4.68 Å². The first-order valence-corrected chi connectivity index (χ1v) is 9.43. The minimum absolute atomic E-state index is 0.0461. The van der Waals surface area contributed by atoms with Crippen molar-refractivity contribution in [1.29, 1.82) is 0 Å². The summed E-state index contributed by atoms with van der Waals surface area (Å²) in [7, 11) is 0. The lowest BCUT2D eigenvalue weighted by Gasteiger charge is -2.05. The minimum Gasteiger partial charge on any atom is -0.459 e. The fourth-order valence-corrected chi connectivity index (χ4v) is 3.10. The van der Waals surface area contributed by atoms with Gasteiger partial charge in [0.2, 0.25) is 0 Å². The number of ether oxygens (including phenoxy) is 1. The topological polar surface area (TPSA) is 57.0 Å². The number of nitrogens with zero attached hydrogens (tertiary/aromatic N) is 3. The lowest BCUT2D eigenvalue weighted by molar-refractivity contribution is -0.145. The fraction of sp³-hybridized carbons (Fsp3) is 0.211. The van der Waals surface area contributed by atoms with Crippen molar-refractivity contribution in [2.75, 3.05) is 0 Å². The number of thioether (sulfide) groups is 1. The second-order valence-electron chi connectivity index (χ2n) is 5.80. The molecule has 0 radical (unpaired) electrons. The molecule has 0 amide bonds. The van der Waals surface area contributed by atoms with Gasteiger partial charge in [-0.15, -0.1) is 16.9 Å². The van der Waals surface area contributed by atoms with E-state index < -0.39 is 0 Å². The fourth-order valence-electron chi connectivity index (χ4n) is 2.20. The highest BCUT2D eigenvalue weighted by molar-refractivity contribution is 7.98. The predicted octanol–water partition coefficient (Wildman–Crippen LogP) is 4.28. The molecular weight excluding hydrogens is 370 g/mol. The van der Waals surface area contributed by atoms with E-state index in [9.17, 15) is 4.79 Å². The second-order valence-corrected chi connectivity index (χ2v) is 7.28. The maximum atomic E-state index is 11.9. The van der Waals surface area contributed by atoms with Gasteiger partial charge in [-0.3, -0.25) is 4.79 Å². The van der Waals surface area contributed by atoms with Crippen LogP contribution in [0.1, 0.15) is 16.8 Å². The number of carbonyl (C=O) groups is 1. The average Bonchev–Trinajstić information content (AvgIpc) is 3.08. The standard InChI is InChI=1S/C19H18ClN3O2S/c1-14-2-4-15(5-3-14)12-25-19(24)11-23-10-17(21-22-23)13-26-18-8-6-16(20)7-9-18/h2-10H,11-13H2,1H3. The number of rotatable bonds is 7. The Morgan fingerprint density at radius 1 is 1.15 bits per heavy atom. The number of aromatic nitrogens is 3. The maximum absolute atomic E-state index is 11.9. The molecule has 7 heteroatoms. The van der Waals surface area contributed by atoms with Crippen LogP contribution in [0.2, 0.25) is 5.02 Å². The summed E-state index contributed by atoms with van der Waals surface area (Å²) >= 11 is 7.51. The summed E-state index contributed by atoms with van der Waals surface area (Å²) in [5, 5.41) is 8.78. The Morgan fingerprint density at radius 3 is 2.62 bits per heavy atom. The molecule has 0 spiro atoms. The van der Waals surface area contributed by atoms with Gasteiger partial charge in [-0.05, 0) is 36.8 Å². The first-order valence-electron chi connectivity index (χ1n) is 8.07. The molecule has 1 aromatic heterocycles. The van der Waals surface area contributed by atoms with Crippen molar-refractivity contribution in [3.05, 3.63) is 76.6 Å². The average molecular weight is 388 g/mol. The van der Waals surface area contributed by atoms with Crippen molar-refractivity contribution >= 4 is 29.3 Å². The van der Waals surface area contributed by atoms with Crippen molar-refractivity contribution in [1.82, 2.24) is 15.0 Å². The van der Waals surface area contributed by atoms with E-state index in [1.807, 2.05) is 55.5 Å². The number of esters is 1. The summed E-state index contributed by atoms with van der Waals surface area (Å²) in [6.07, 6.45) is 1.76. The van der Waals surface area contributed by atoms with E-state index in [1.165, 1.54) is 10.2 Å². The van der Waals surface area contributed by atoms with Crippen LogP contribution in [0.5, 0.6) is 0 Å². The molecule has 26 heavy (non-hydrogen) atoms. The molecule has 0 bridgehead atoms. The molecule has 134 valence electrons. The van der Waals surface area contributed by atoms with Crippen molar-refractivity contribution in [3.63, 3.8) is 0 Å². The van der Waals surface area contributed by atoms with Crippen LogP contribution < -0.4 is 0 Å². The molecule has 0 fully saturated rings. The maximum Gasteiger partial charge on any atom is 0.328 e. The van der Waals surface area contributed by atoms with Crippen molar-refractivity contribution in [2.24, 2.45) is 0 Å². The highest BCUT2D eigenvalue weighted by Crippen LogP contribution is 2.23. The Labute approximate surface area is 161 Å². The number of halogens is 1. The van der Waals surface area contributed by atoms with Gasteiger partial charge in [0.15, 0.2) is 0 Å². The largest absolute Gasteiger partial charge is 0.459 e. The lowest BCUT2D eigenvalue weighted by atomic mass is 10.2. The van der Waals surface area contributed by atoms with Crippen LogP contribution in [0.3, 0.4) is 0 Å². The third-order valence-electron chi connectivity index (χ3n) is 3.60. The van der Waals surface area contributed by atoms with Gasteiger partial charge in [0, 0.05) is 21.9 Å². The van der Waals surface area contributed by atoms with Gasteiger partial charge in [-0.2, -0.15) is 0 Å². The molecule has 5 nitrogen and oxygen atoms in total. The molecule has 0 saturated heterocycles. The van der Waals surface area contributed by atoms with Crippen molar-refractivity contribution in [3.8, 4) is 0 Å². The third-order valence-corrected chi connectivity index (χ3v) is 4.90. The zero-order chi connectivity index (χ0) is 18.4. The van der Waals surface area contributed by atoms with Crippen LogP contribution >= 0.6 is 23.4 Å². The zero-order valence-electron chi connectivity index (χ0n) is 14.3. The van der Waals surface area contributed by atoms with Crippen LogP contribution in [0.25, 0.3) is 0 Å². The highest BCUT2D eigenvalue weighted by Gasteiger charge is 2.08. The Kier molecular flexibility index (Phi) is 6.30. The van der Waals surface area contributed by atoms with Gasteiger partial charge >= 0.3 is 5.97 Å². The van der Waals surface area contributed by atoms with E-state index in [1.54, 1.807) is 18.0 Å². The Bertz CT molecular complexity index is 863. The number of hydrogen-bond donors (Lipinski definition) is 0. The number of hydrogen-bond acceptors (Lipinski definition) is 5. The van der Waals surface area contributed by atoms with Crippen LogP contribution in [-0.2, 0) is 28.4 Å². The molecule has 2 aromatic carbocycles. The summed E-state index contributed by atoms with van der Waals surface area (Å²) in [6, 6.07) is 15.5. The summed E-state index contributed by atoms with van der Waals surface area (Å²) in [5.41, 5.74) is 2.94. The van der Waals surface area contributed by atoms with Crippen molar-refractivity contribution < 1.29 is 9.53 Å². The SMILES string of the molecule is Cc1ccc(COC(=O)Cn2cc(CSc3ccc(Cl)cc3)nn2)cc1. The number of aryl methyl sites for hydroxylation is 1. The molecule has 1 heterocycles. The predicted molar refractivity (Wildman–Crippen MR) is 102 cm³/mol. The molecule has 3 rings (SSSR count). The molecule has 3 aromatic rings. The van der Waals surface area contributed by atoms with E-state index in [0.717, 1.165) is 16.2 Å². The van der Waals surface area contributed by atoms with Crippen LogP contribution in [-0.4, -0.2) is 21.0 Å². The van der Waals surface area contributed by atoms with E-state index in [4.69, 9.17) is 16.3 Å². The molecule has 0 aliphatic carbocycles. The van der Waals surface area contributed by atoms with Crippen LogP contribution in [0.4, 0.5) is 0 Å². The molecule has 0 atom stereocenters. The van der Waals surface area contributed by atoms with Gasteiger partial charge in [-0.1, -0.05) is 46.6 Å². The Balaban J connectivity index is 1.45. The monoisotopic (exact) mass is 387 g/mol. The van der Waals surface area contributed by atoms with E-state index in [0.29, 0.717) is 10.8 Å². The summed E-state index contributed by atoms with van der Waals surface area (Å²) in [6.45, 7) is 2.32. The lowest BCUT2D eigenvalue weighted by Crippen LogP contribution is -2.14. The van der Waals surface area contributed by atoms with Gasteiger partial charge < -0.3 is 4.74 Å². The molecule has 0 saturated carbocycles. The molecule has 0 N–H and O–H groups in total. The van der Waals surface area contributed by atoms with Crippen molar-refractivity contribution in [2.45, 2.75) is 30.7 Å². The number of carbonyl (C=O) groups excluding carboxylic acids is 1. The second kappa shape index (κ2) is 8.87. The van der Waals surface area contributed by atoms with Crippen LogP contribution in [0.15, 0.2) is 59.6 Å². The molecule has 0 unspecified atom stereocenters. The normalized spacial score (nSPS) is 10.7. The van der Waals surface area contributed by atoms with Gasteiger partial charge in [0.05, 0.1) is 5.69 Å². The molecule has 0 aliphatic rings. The van der Waals surface area contributed by atoms with E-state index in [-0.39, 0.29) is 19.1 Å². The van der Waals surface area contributed by atoms with Gasteiger partial charge in [0.1, 0.15) is 13.2 Å². The third kappa shape index (κ3) is 5.61. The smallest absolute Gasteiger partial charge is 0.328 e. The van der Waals surface area contributed by atoms with E-state index >= 15 is 0 Å². The molecule has 0 aliphatic heterocycles.